The molecule has 0 unspecified atom stereocenters. The van der Waals surface area contributed by atoms with Crippen LogP contribution < -0.4 is 0 Å². The number of allylic oxidation sites excluding steroid dienone is 5. The molecule has 2 rings (SSSR count). The van der Waals surface area contributed by atoms with E-state index in [0.29, 0.717) is 0 Å². The Balaban J connectivity index is 2.04. The van der Waals surface area contributed by atoms with E-state index < -0.39 is 0 Å². The Morgan fingerprint density at radius 2 is 2.25 bits per heavy atom. The van der Waals surface area contributed by atoms with Crippen molar-refractivity contribution in [2.45, 2.75) is 19.3 Å². The van der Waals surface area contributed by atoms with Crippen molar-refractivity contribution in [1.29, 1.82) is 5.26 Å². The minimum atomic E-state index is 0.741. The highest BCUT2D eigenvalue weighted by Gasteiger charge is 2.25. The topological polar surface area (TPSA) is 23.8 Å². The Hall–Kier alpha value is -1.29. The van der Waals surface area contributed by atoms with Crippen molar-refractivity contribution in [3.05, 3.63) is 35.5 Å². The Bertz CT molecular complexity index is 321. The third-order valence-electron chi connectivity index (χ3n) is 2.49. The number of nitriles is 1. The second-order valence-electron chi connectivity index (χ2n) is 3.51. The first kappa shape index (κ1) is 7.36. The van der Waals surface area contributed by atoms with Crippen LogP contribution in [0.15, 0.2) is 35.5 Å². The van der Waals surface area contributed by atoms with Crippen molar-refractivity contribution in [3.8, 4) is 6.07 Å². The summed E-state index contributed by atoms with van der Waals surface area (Å²) in [4.78, 5) is 0. The molecule has 0 N–H and O–H groups in total. The van der Waals surface area contributed by atoms with Crippen LogP contribution in [0.25, 0.3) is 0 Å². The molecule has 0 atom stereocenters. The highest BCUT2D eigenvalue weighted by molar-refractivity contribution is 5.59. The average molecular weight is 157 g/mol. The summed E-state index contributed by atoms with van der Waals surface area (Å²) in [6.07, 6.45) is 7.75. The van der Waals surface area contributed by atoms with Gasteiger partial charge in [-0.15, -0.1) is 0 Å². The van der Waals surface area contributed by atoms with Crippen LogP contribution in [0.3, 0.4) is 0 Å². The van der Waals surface area contributed by atoms with Crippen LogP contribution >= 0.6 is 0 Å². The number of hydrogen-bond acceptors (Lipinski definition) is 1. The summed E-state index contributed by atoms with van der Waals surface area (Å²) >= 11 is 0. The zero-order chi connectivity index (χ0) is 8.55. The Morgan fingerprint density at radius 1 is 1.50 bits per heavy atom. The van der Waals surface area contributed by atoms with E-state index >= 15 is 0 Å². The van der Waals surface area contributed by atoms with Crippen LogP contribution in [-0.4, -0.2) is 0 Å². The van der Waals surface area contributed by atoms with Gasteiger partial charge < -0.3 is 0 Å². The molecular formula is C11H11N. The fourth-order valence-corrected chi connectivity index (χ4v) is 1.49. The Morgan fingerprint density at radius 3 is 2.75 bits per heavy atom. The number of hydrogen-bond donors (Lipinski definition) is 0. The molecule has 0 radical (unpaired) electrons. The summed E-state index contributed by atoms with van der Waals surface area (Å²) in [6.45, 7) is 3.91. The maximum absolute atomic E-state index is 8.69. The molecule has 0 saturated heterocycles. The van der Waals surface area contributed by atoms with E-state index in [0.717, 1.165) is 23.5 Å². The van der Waals surface area contributed by atoms with E-state index in [1.54, 1.807) is 0 Å². The molecule has 1 nitrogen and oxygen atoms in total. The van der Waals surface area contributed by atoms with Gasteiger partial charge in [-0.25, -0.2) is 0 Å². The quantitative estimate of drug-likeness (QED) is 0.604. The fourth-order valence-electron chi connectivity index (χ4n) is 1.49. The lowest BCUT2D eigenvalue weighted by atomic mass is 10.0. The summed E-state index contributed by atoms with van der Waals surface area (Å²) in [5, 5.41) is 8.69. The van der Waals surface area contributed by atoms with Crippen LogP contribution in [0.2, 0.25) is 0 Å². The fraction of sp³-hybridized carbons (Fsp3) is 0.364. The molecule has 0 aromatic rings. The van der Waals surface area contributed by atoms with Gasteiger partial charge in [-0.2, -0.15) is 5.26 Å². The molecule has 12 heavy (non-hydrogen) atoms. The number of rotatable bonds is 2. The Labute approximate surface area is 72.7 Å². The maximum atomic E-state index is 8.69. The van der Waals surface area contributed by atoms with Crippen LogP contribution in [-0.2, 0) is 0 Å². The molecule has 1 fully saturated rings. The van der Waals surface area contributed by atoms with Gasteiger partial charge in [0.05, 0.1) is 11.6 Å². The van der Waals surface area contributed by atoms with E-state index in [-0.39, 0.29) is 0 Å². The van der Waals surface area contributed by atoms with E-state index in [1.807, 2.05) is 12.2 Å². The van der Waals surface area contributed by atoms with Gasteiger partial charge in [-0.1, -0.05) is 12.7 Å². The van der Waals surface area contributed by atoms with Crippen molar-refractivity contribution >= 4 is 0 Å². The van der Waals surface area contributed by atoms with Crippen LogP contribution in [0.4, 0.5) is 0 Å². The van der Waals surface area contributed by atoms with Gasteiger partial charge in [0.2, 0.25) is 0 Å². The molecule has 0 bridgehead atoms. The van der Waals surface area contributed by atoms with Gasteiger partial charge in [0.25, 0.3) is 0 Å². The summed E-state index contributed by atoms with van der Waals surface area (Å²) in [7, 11) is 0. The first-order chi connectivity index (χ1) is 5.81. The second kappa shape index (κ2) is 2.64. The van der Waals surface area contributed by atoms with Gasteiger partial charge in [0.15, 0.2) is 0 Å². The third-order valence-corrected chi connectivity index (χ3v) is 2.49. The molecule has 2 aliphatic rings. The van der Waals surface area contributed by atoms with E-state index in [2.05, 4.69) is 12.6 Å². The highest BCUT2D eigenvalue weighted by atomic mass is 14.3. The summed E-state index contributed by atoms with van der Waals surface area (Å²) < 4.78 is 0. The van der Waals surface area contributed by atoms with Gasteiger partial charge in [-0.05, 0) is 42.4 Å². The molecule has 0 spiro atoms. The normalized spacial score (nSPS) is 21.8. The molecule has 0 heterocycles. The summed E-state index contributed by atoms with van der Waals surface area (Å²) in [5.74, 6) is 0.874. The lowest BCUT2D eigenvalue weighted by Crippen LogP contribution is -1.87. The standard InChI is InChI=1S/C11H11N/c1-8-10(6-9-2-3-9)4-5-11(8)7-12/h4-5,9H,1-3,6H2. The SMILES string of the molecule is C=C1C(C#N)=CC=C1CC1CC1. The van der Waals surface area contributed by atoms with E-state index in [4.69, 9.17) is 5.26 Å². The first-order valence-electron chi connectivity index (χ1n) is 4.32. The van der Waals surface area contributed by atoms with Crippen molar-refractivity contribution in [2.24, 2.45) is 5.92 Å². The van der Waals surface area contributed by atoms with E-state index in [1.165, 1.54) is 18.4 Å². The summed E-state index contributed by atoms with van der Waals surface area (Å²) in [6, 6.07) is 2.15. The molecule has 1 saturated carbocycles. The number of nitrogens with zero attached hydrogens (tertiary/aromatic N) is 1. The molecule has 2 aliphatic carbocycles. The van der Waals surface area contributed by atoms with Crippen molar-refractivity contribution < 1.29 is 0 Å². The smallest absolute Gasteiger partial charge is 0.0997 e. The molecule has 1 heteroatoms. The van der Waals surface area contributed by atoms with Crippen molar-refractivity contribution in [1.82, 2.24) is 0 Å². The highest BCUT2D eigenvalue weighted by Crippen LogP contribution is 2.39. The minimum absolute atomic E-state index is 0.741. The van der Waals surface area contributed by atoms with Gasteiger partial charge in [0.1, 0.15) is 0 Å². The molecule has 0 amide bonds. The third kappa shape index (κ3) is 1.21. The average Bonchev–Trinajstić information content (AvgIpc) is 2.80. The molecule has 0 aromatic carbocycles. The lowest BCUT2D eigenvalue weighted by molar-refractivity contribution is 0.832. The maximum Gasteiger partial charge on any atom is 0.0997 e. The van der Waals surface area contributed by atoms with Crippen molar-refractivity contribution in [2.75, 3.05) is 0 Å². The van der Waals surface area contributed by atoms with Crippen LogP contribution in [0.5, 0.6) is 0 Å². The monoisotopic (exact) mass is 157 g/mol. The molecular weight excluding hydrogens is 146 g/mol. The predicted octanol–water partition coefficient (Wildman–Crippen LogP) is 2.73. The van der Waals surface area contributed by atoms with Crippen LogP contribution in [0, 0.1) is 17.2 Å². The lowest BCUT2D eigenvalue weighted by Gasteiger charge is -2.02. The van der Waals surface area contributed by atoms with Gasteiger partial charge >= 0.3 is 0 Å². The first-order valence-corrected chi connectivity index (χ1v) is 4.32. The molecule has 60 valence electrons. The zero-order valence-electron chi connectivity index (χ0n) is 7.01. The van der Waals surface area contributed by atoms with Crippen molar-refractivity contribution in [3.63, 3.8) is 0 Å². The van der Waals surface area contributed by atoms with E-state index in [9.17, 15) is 0 Å². The predicted molar refractivity (Wildman–Crippen MR) is 48.3 cm³/mol. The summed E-state index contributed by atoms with van der Waals surface area (Å²) in [5.41, 5.74) is 2.96. The second-order valence-corrected chi connectivity index (χ2v) is 3.51. The largest absolute Gasteiger partial charge is 0.192 e. The minimum Gasteiger partial charge on any atom is -0.192 e. The van der Waals surface area contributed by atoms with Gasteiger partial charge in [-0.3, -0.25) is 0 Å². The molecule has 0 aromatic heterocycles. The Kier molecular flexibility index (Phi) is 1.62. The zero-order valence-corrected chi connectivity index (χ0v) is 7.01. The van der Waals surface area contributed by atoms with Gasteiger partial charge in [0, 0.05) is 0 Å². The molecule has 0 aliphatic heterocycles. The van der Waals surface area contributed by atoms with Crippen LogP contribution in [0.1, 0.15) is 19.3 Å².